The van der Waals surface area contributed by atoms with Crippen LogP contribution in [-0.4, -0.2) is 6.61 Å². The molecule has 0 atom stereocenters. The molecule has 0 amide bonds. The zero-order valence-electron chi connectivity index (χ0n) is 13.5. The molecule has 0 aliphatic heterocycles. The van der Waals surface area contributed by atoms with E-state index in [1.165, 1.54) is 22.3 Å². The summed E-state index contributed by atoms with van der Waals surface area (Å²) in [7, 11) is 0. The summed E-state index contributed by atoms with van der Waals surface area (Å²) in [4.78, 5) is 0. The molecule has 2 aromatic rings. The minimum atomic E-state index is 0.772. The van der Waals surface area contributed by atoms with Crippen LogP contribution in [0.25, 0.3) is 0 Å². The van der Waals surface area contributed by atoms with E-state index >= 15 is 0 Å². The van der Waals surface area contributed by atoms with E-state index in [0.717, 1.165) is 31.0 Å². The van der Waals surface area contributed by atoms with Crippen LogP contribution in [0.3, 0.4) is 0 Å². The molecule has 112 valence electrons. The third kappa shape index (κ3) is 4.25. The topological polar surface area (TPSA) is 21.3 Å². The second kappa shape index (κ2) is 7.16. The van der Waals surface area contributed by atoms with E-state index in [1.807, 2.05) is 12.1 Å². The molecule has 0 radical (unpaired) electrons. The predicted octanol–water partition coefficient (Wildman–Crippen LogP) is 5.01. The molecule has 2 heteroatoms. The quantitative estimate of drug-likeness (QED) is 0.804. The first-order valence-corrected chi connectivity index (χ1v) is 7.63. The maximum atomic E-state index is 5.60. The van der Waals surface area contributed by atoms with Gasteiger partial charge in [0, 0.05) is 12.2 Å². The molecule has 0 spiro atoms. The number of hydrogen-bond acceptors (Lipinski definition) is 2. The molecule has 0 saturated carbocycles. The molecule has 1 N–H and O–H groups in total. The summed E-state index contributed by atoms with van der Waals surface area (Å²) >= 11 is 0. The Labute approximate surface area is 128 Å². The number of rotatable bonds is 6. The Morgan fingerprint density at radius 2 is 1.57 bits per heavy atom. The predicted molar refractivity (Wildman–Crippen MR) is 90.2 cm³/mol. The number of hydrogen-bond donors (Lipinski definition) is 1. The van der Waals surface area contributed by atoms with E-state index < -0.39 is 0 Å². The summed E-state index contributed by atoms with van der Waals surface area (Å²) in [5, 5.41) is 3.49. The standard InChI is InChI=1S/C19H25NO/c1-5-10-21-18-8-6-17(7-9-18)20-13-19-15(3)11-14(2)12-16(19)4/h6-9,11-12,20H,5,10,13H2,1-4H3. The molecule has 0 fully saturated rings. The number of ether oxygens (including phenoxy) is 1. The number of nitrogens with one attached hydrogen (secondary N) is 1. The number of benzene rings is 2. The Kier molecular flexibility index (Phi) is 5.26. The molecule has 2 rings (SSSR count). The van der Waals surface area contributed by atoms with Crippen LogP contribution in [0.15, 0.2) is 36.4 Å². The lowest BCUT2D eigenvalue weighted by molar-refractivity contribution is 0.317. The van der Waals surface area contributed by atoms with Gasteiger partial charge in [-0.2, -0.15) is 0 Å². The maximum absolute atomic E-state index is 5.60. The second-order valence-corrected chi connectivity index (χ2v) is 5.60. The van der Waals surface area contributed by atoms with Crippen molar-refractivity contribution >= 4 is 5.69 Å². The Morgan fingerprint density at radius 1 is 0.952 bits per heavy atom. The van der Waals surface area contributed by atoms with Crippen molar-refractivity contribution in [2.75, 3.05) is 11.9 Å². The summed E-state index contributed by atoms with van der Waals surface area (Å²) < 4.78 is 5.60. The highest BCUT2D eigenvalue weighted by Crippen LogP contribution is 2.20. The first-order valence-electron chi connectivity index (χ1n) is 7.63. The van der Waals surface area contributed by atoms with E-state index in [0.29, 0.717) is 0 Å². The average molecular weight is 283 g/mol. The summed E-state index contributed by atoms with van der Waals surface area (Å²) in [6.07, 6.45) is 1.03. The normalized spacial score (nSPS) is 10.5. The molecule has 2 aromatic carbocycles. The summed E-state index contributed by atoms with van der Waals surface area (Å²) in [6, 6.07) is 12.7. The fourth-order valence-corrected chi connectivity index (χ4v) is 2.57. The van der Waals surface area contributed by atoms with Gasteiger partial charge in [-0.1, -0.05) is 24.6 Å². The van der Waals surface area contributed by atoms with E-state index in [-0.39, 0.29) is 0 Å². The molecule has 0 aliphatic rings. The fraction of sp³-hybridized carbons (Fsp3) is 0.368. The molecular weight excluding hydrogens is 258 g/mol. The van der Waals surface area contributed by atoms with Gasteiger partial charge in [0.2, 0.25) is 0 Å². The van der Waals surface area contributed by atoms with Crippen LogP contribution in [0.1, 0.15) is 35.6 Å². The van der Waals surface area contributed by atoms with Gasteiger partial charge in [0.05, 0.1) is 6.61 Å². The van der Waals surface area contributed by atoms with Crippen molar-refractivity contribution in [2.24, 2.45) is 0 Å². The monoisotopic (exact) mass is 283 g/mol. The maximum Gasteiger partial charge on any atom is 0.119 e. The lowest BCUT2D eigenvalue weighted by atomic mass is 10.00. The van der Waals surface area contributed by atoms with Crippen LogP contribution < -0.4 is 10.1 Å². The highest BCUT2D eigenvalue weighted by atomic mass is 16.5. The van der Waals surface area contributed by atoms with Gasteiger partial charge < -0.3 is 10.1 Å². The molecule has 0 aliphatic carbocycles. The number of anilines is 1. The van der Waals surface area contributed by atoms with Crippen molar-refractivity contribution < 1.29 is 4.74 Å². The van der Waals surface area contributed by atoms with Crippen molar-refractivity contribution in [3.63, 3.8) is 0 Å². The van der Waals surface area contributed by atoms with Gasteiger partial charge in [0.25, 0.3) is 0 Å². The number of aryl methyl sites for hydroxylation is 3. The van der Waals surface area contributed by atoms with Crippen LogP contribution in [-0.2, 0) is 6.54 Å². The SMILES string of the molecule is CCCOc1ccc(NCc2c(C)cc(C)cc2C)cc1. The highest BCUT2D eigenvalue weighted by Gasteiger charge is 2.04. The average Bonchev–Trinajstić information content (AvgIpc) is 2.45. The highest BCUT2D eigenvalue weighted by molar-refractivity contribution is 5.48. The van der Waals surface area contributed by atoms with Crippen molar-refractivity contribution in [2.45, 2.75) is 40.7 Å². The zero-order chi connectivity index (χ0) is 15.2. The van der Waals surface area contributed by atoms with Gasteiger partial charge in [-0.3, -0.25) is 0 Å². The molecule has 0 unspecified atom stereocenters. The Hall–Kier alpha value is -1.96. The van der Waals surface area contributed by atoms with E-state index in [2.05, 4.69) is 57.3 Å². The molecule has 0 saturated heterocycles. The lowest BCUT2D eigenvalue weighted by Crippen LogP contribution is -2.04. The van der Waals surface area contributed by atoms with E-state index in [9.17, 15) is 0 Å². The first-order chi connectivity index (χ1) is 10.1. The fourth-order valence-electron chi connectivity index (χ4n) is 2.57. The minimum absolute atomic E-state index is 0.772. The van der Waals surface area contributed by atoms with E-state index in [1.54, 1.807) is 0 Å². The van der Waals surface area contributed by atoms with Gasteiger partial charge in [-0.05, 0) is 68.1 Å². The Bertz CT molecular complexity index is 564. The molecular formula is C19H25NO. The van der Waals surface area contributed by atoms with Crippen LogP contribution in [0.2, 0.25) is 0 Å². The van der Waals surface area contributed by atoms with Crippen molar-refractivity contribution in [3.05, 3.63) is 58.7 Å². The molecule has 2 nitrogen and oxygen atoms in total. The smallest absolute Gasteiger partial charge is 0.119 e. The molecule has 0 heterocycles. The largest absolute Gasteiger partial charge is 0.494 e. The van der Waals surface area contributed by atoms with Crippen LogP contribution in [0.5, 0.6) is 5.75 Å². The van der Waals surface area contributed by atoms with Gasteiger partial charge in [0.15, 0.2) is 0 Å². The Balaban J connectivity index is 2.00. The molecule has 0 aromatic heterocycles. The Morgan fingerprint density at radius 3 is 2.14 bits per heavy atom. The van der Waals surface area contributed by atoms with Crippen molar-refractivity contribution in [1.82, 2.24) is 0 Å². The lowest BCUT2D eigenvalue weighted by Gasteiger charge is -2.13. The summed E-state index contributed by atoms with van der Waals surface area (Å²) in [6.45, 7) is 10.2. The summed E-state index contributed by atoms with van der Waals surface area (Å²) in [5.41, 5.74) is 6.53. The van der Waals surface area contributed by atoms with Crippen LogP contribution >= 0.6 is 0 Å². The van der Waals surface area contributed by atoms with E-state index in [4.69, 9.17) is 4.74 Å². The third-order valence-corrected chi connectivity index (χ3v) is 3.64. The third-order valence-electron chi connectivity index (χ3n) is 3.64. The first kappa shape index (κ1) is 15.4. The van der Waals surface area contributed by atoms with Crippen molar-refractivity contribution in [1.29, 1.82) is 0 Å². The molecule has 21 heavy (non-hydrogen) atoms. The summed E-state index contributed by atoms with van der Waals surface area (Å²) in [5.74, 6) is 0.935. The van der Waals surface area contributed by atoms with Crippen LogP contribution in [0, 0.1) is 20.8 Å². The zero-order valence-corrected chi connectivity index (χ0v) is 13.5. The van der Waals surface area contributed by atoms with Gasteiger partial charge in [0.1, 0.15) is 5.75 Å². The minimum Gasteiger partial charge on any atom is -0.494 e. The van der Waals surface area contributed by atoms with Gasteiger partial charge in [-0.15, -0.1) is 0 Å². The molecule has 0 bridgehead atoms. The second-order valence-electron chi connectivity index (χ2n) is 5.60. The van der Waals surface area contributed by atoms with Gasteiger partial charge in [-0.25, -0.2) is 0 Å². The van der Waals surface area contributed by atoms with Crippen LogP contribution in [0.4, 0.5) is 5.69 Å². The van der Waals surface area contributed by atoms with Gasteiger partial charge >= 0.3 is 0 Å². The van der Waals surface area contributed by atoms with Crippen molar-refractivity contribution in [3.8, 4) is 5.75 Å².